The molecule has 0 atom stereocenters. The van der Waals surface area contributed by atoms with Crippen LogP contribution in [0.1, 0.15) is 18.4 Å². The van der Waals surface area contributed by atoms with Crippen molar-refractivity contribution in [2.75, 3.05) is 5.32 Å². The van der Waals surface area contributed by atoms with E-state index >= 15 is 0 Å². The van der Waals surface area contributed by atoms with Gasteiger partial charge in [-0.15, -0.1) is 11.3 Å². The van der Waals surface area contributed by atoms with Crippen LogP contribution < -0.4 is 10.6 Å². The van der Waals surface area contributed by atoms with Crippen LogP contribution in [0.25, 0.3) is 10.4 Å². The Balaban J connectivity index is 1.24. The third-order valence-electron chi connectivity index (χ3n) is 4.75. The highest BCUT2D eigenvalue weighted by atomic mass is 32.1. The van der Waals surface area contributed by atoms with E-state index in [9.17, 15) is 4.79 Å². The summed E-state index contributed by atoms with van der Waals surface area (Å²) in [6, 6.07) is 22.8. The molecule has 27 heavy (non-hydrogen) atoms. The zero-order valence-corrected chi connectivity index (χ0v) is 15.7. The van der Waals surface area contributed by atoms with E-state index in [1.54, 1.807) is 11.3 Å². The van der Waals surface area contributed by atoms with Crippen molar-refractivity contribution in [1.82, 2.24) is 5.32 Å². The van der Waals surface area contributed by atoms with Crippen molar-refractivity contribution in [2.45, 2.75) is 31.5 Å². The number of hydrogen-bond donors (Lipinski definition) is 2. The molecule has 0 aliphatic heterocycles. The third kappa shape index (κ3) is 4.49. The number of para-hydroxylation sites is 1. The number of anilines is 1. The monoisotopic (exact) mass is 378 g/mol. The van der Waals surface area contributed by atoms with E-state index in [0.717, 1.165) is 24.1 Å². The molecule has 0 saturated heterocycles. The Bertz CT molecular complexity index is 874. The number of hydrogen-bond acceptors (Lipinski definition) is 4. The van der Waals surface area contributed by atoms with Crippen LogP contribution in [0.2, 0.25) is 0 Å². The summed E-state index contributed by atoms with van der Waals surface area (Å²) in [5.74, 6) is 0. The van der Waals surface area contributed by atoms with Crippen molar-refractivity contribution < 1.29 is 9.53 Å². The van der Waals surface area contributed by atoms with Gasteiger partial charge >= 0.3 is 6.09 Å². The lowest BCUT2D eigenvalue weighted by Gasteiger charge is -2.37. The Morgan fingerprint density at radius 3 is 2.52 bits per heavy atom. The second-order valence-corrected chi connectivity index (χ2v) is 7.69. The maximum Gasteiger partial charge on any atom is 0.407 e. The molecule has 0 bridgehead atoms. The van der Waals surface area contributed by atoms with Gasteiger partial charge in [0.25, 0.3) is 0 Å². The standard InChI is InChI=1S/C22H22N2O2S/c25-22(26-15-16-7-2-1-3-8-16)24-18-13-17(14-18)23-20-10-5-4-9-19(20)21-11-6-12-27-21/h1-12,17-18,23H,13-15H2,(H,24,25). The zero-order valence-electron chi connectivity index (χ0n) is 14.9. The molecule has 4 rings (SSSR count). The smallest absolute Gasteiger partial charge is 0.407 e. The lowest BCUT2D eigenvalue weighted by molar-refractivity contribution is 0.129. The van der Waals surface area contributed by atoms with Gasteiger partial charge in [0.2, 0.25) is 0 Å². The number of carbonyl (C=O) groups is 1. The molecular formula is C22H22N2O2S. The predicted octanol–water partition coefficient (Wildman–Crippen LogP) is 5.28. The Kier molecular flexibility index (Phi) is 5.39. The molecule has 1 amide bonds. The van der Waals surface area contributed by atoms with Crippen LogP contribution in [0.5, 0.6) is 0 Å². The van der Waals surface area contributed by atoms with Gasteiger partial charge in [-0.25, -0.2) is 4.79 Å². The number of nitrogens with one attached hydrogen (secondary N) is 2. The minimum absolute atomic E-state index is 0.166. The Morgan fingerprint density at radius 1 is 0.963 bits per heavy atom. The molecule has 2 N–H and O–H groups in total. The van der Waals surface area contributed by atoms with E-state index in [1.165, 1.54) is 10.4 Å². The lowest BCUT2D eigenvalue weighted by atomic mass is 9.86. The maximum absolute atomic E-state index is 11.9. The van der Waals surface area contributed by atoms with Crippen LogP contribution in [0, 0.1) is 0 Å². The Morgan fingerprint density at radius 2 is 1.74 bits per heavy atom. The largest absolute Gasteiger partial charge is 0.445 e. The second-order valence-electron chi connectivity index (χ2n) is 6.74. The van der Waals surface area contributed by atoms with E-state index in [4.69, 9.17) is 4.74 Å². The van der Waals surface area contributed by atoms with Crippen LogP contribution in [0.4, 0.5) is 10.5 Å². The highest BCUT2D eigenvalue weighted by Gasteiger charge is 2.31. The van der Waals surface area contributed by atoms with E-state index in [1.807, 2.05) is 30.3 Å². The summed E-state index contributed by atoms with van der Waals surface area (Å²) in [4.78, 5) is 13.2. The lowest BCUT2D eigenvalue weighted by Crippen LogP contribution is -2.49. The molecule has 0 radical (unpaired) electrons. The SMILES string of the molecule is O=C(NC1CC(Nc2ccccc2-c2cccs2)C1)OCc1ccccc1. The zero-order chi connectivity index (χ0) is 18.5. The number of rotatable bonds is 6. The molecule has 1 heterocycles. The molecule has 2 aromatic carbocycles. The normalized spacial score (nSPS) is 18.4. The van der Waals surface area contributed by atoms with Gasteiger partial charge < -0.3 is 15.4 Å². The molecule has 138 valence electrons. The predicted molar refractivity (Wildman–Crippen MR) is 110 cm³/mol. The van der Waals surface area contributed by atoms with Gasteiger partial charge in [-0.2, -0.15) is 0 Å². The van der Waals surface area contributed by atoms with Crippen LogP contribution >= 0.6 is 11.3 Å². The molecule has 1 aliphatic carbocycles. The average Bonchev–Trinajstić information content (AvgIpc) is 3.20. The summed E-state index contributed by atoms with van der Waals surface area (Å²) in [5.41, 5.74) is 3.37. The van der Waals surface area contributed by atoms with Crippen LogP contribution in [-0.2, 0) is 11.3 Å². The molecule has 0 spiro atoms. The molecule has 4 nitrogen and oxygen atoms in total. The van der Waals surface area contributed by atoms with E-state index in [-0.39, 0.29) is 12.1 Å². The van der Waals surface area contributed by atoms with Gasteiger partial charge in [0.05, 0.1) is 0 Å². The number of amides is 1. The topological polar surface area (TPSA) is 50.4 Å². The van der Waals surface area contributed by atoms with Gasteiger partial charge in [0.15, 0.2) is 0 Å². The first kappa shape index (κ1) is 17.6. The van der Waals surface area contributed by atoms with Crippen molar-refractivity contribution in [2.24, 2.45) is 0 Å². The fourth-order valence-corrected chi connectivity index (χ4v) is 4.03. The minimum atomic E-state index is -0.346. The fourth-order valence-electron chi connectivity index (χ4n) is 3.26. The van der Waals surface area contributed by atoms with Crippen LogP contribution in [0.15, 0.2) is 72.1 Å². The van der Waals surface area contributed by atoms with Gasteiger partial charge in [0.1, 0.15) is 6.61 Å². The number of thiophene rings is 1. The highest BCUT2D eigenvalue weighted by Crippen LogP contribution is 2.34. The average molecular weight is 378 g/mol. The first-order valence-electron chi connectivity index (χ1n) is 9.14. The fraction of sp³-hybridized carbons (Fsp3) is 0.227. The van der Waals surface area contributed by atoms with E-state index in [2.05, 4.69) is 52.4 Å². The Hall–Kier alpha value is -2.79. The molecule has 1 saturated carbocycles. The van der Waals surface area contributed by atoms with Crippen LogP contribution in [0.3, 0.4) is 0 Å². The van der Waals surface area contributed by atoms with Crippen LogP contribution in [-0.4, -0.2) is 18.2 Å². The molecule has 1 aromatic heterocycles. The Labute approximate surface area is 163 Å². The number of ether oxygens (including phenoxy) is 1. The summed E-state index contributed by atoms with van der Waals surface area (Å²) >= 11 is 1.74. The second kappa shape index (κ2) is 8.27. The summed E-state index contributed by atoms with van der Waals surface area (Å²) in [7, 11) is 0. The number of benzene rings is 2. The summed E-state index contributed by atoms with van der Waals surface area (Å²) in [6.07, 6.45) is 1.46. The number of alkyl carbamates (subject to hydrolysis) is 1. The van der Waals surface area contributed by atoms with Crippen molar-refractivity contribution >= 4 is 23.1 Å². The first-order valence-corrected chi connectivity index (χ1v) is 10.0. The number of carbonyl (C=O) groups excluding carboxylic acids is 1. The van der Waals surface area contributed by atoms with Gasteiger partial charge in [-0.3, -0.25) is 0 Å². The molecule has 1 aliphatic rings. The third-order valence-corrected chi connectivity index (χ3v) is 5.65. The minimum Gasteiger partial charge on any atom is -0.445 e. The van der Waals surface area contributed by atoms with Gasteiger partial charge in [0, 0.05) is 28.2 Å². The van der Waals surface area contributed by atoms with Crippen molar-refractivity contribution in [3.8, 4) is 10.4 Å². The summed E-state index contributed by atoms with van der Waals surface area (Å²) < 4.78 is 5.29. The quantitative estimate of drug-likeness (QED) is 0.613. The van der Waals surface area contributed by atoms with Gasteiger partial charge in [-0.1, -0.05) is 54.6 Å². The molecular weight excluding hydrogens is 356 g/mol. The highest BCUT2D eigenvalue weighted by molar-refractivity contribution is 7.13. The molecule has 0 unspecified atom stereocenters. The van der Waals surface area contributed by atoms with E-state index < -0.39 is 0 Å². The molecule has 1 fully saturated rings. The molecule has 5 heteroatoms. The summed E-state index contributed by atoms with van der Waals surface area (Å²) in [6.45, 7) is 0.301. The first-order chi connectivity index (χ1) is 13.3. The van der Waals surface area contributed by atoms with Gasteiger partial charge in [-0.05, 0) is 35.9 Å². The van der Waals surface area contributed by atoms with Crippen molar-refractivity contribution in [3.05, 3.63) is 77.7 Å². The summed E-state index contributed by atoms with van der Waals surface area (Å²) in [5, 5.41) is 8.65. The maximum atomic E-state index is 11.9. The van der Waals surface area contributed by atoms with E-state index in [0.29, 0.717) is 12.6 Å². The van der Waals surface area contributed by atoms with Crippen molar-refractivity contribution in [1.29, 1.82) is 0 Å². The molecule has 3 aromatic rings. The van der Waals surface area contributed by atoms with Crippen molar-refractivity contribution in [3.63, 3.8) is 0 Å².